The molecule has 0 bridgehead atoms. The molecule has 0 unspecified atom stereocenters. The van der Waals surface area contributed by atoms with Crippen LogP contribution in [0.3, 0.4) is 0 Å². The van der Waals surface area contributed by atoms with E-state index in [1.807, 2.05) is 0 Å². The van der Waals surface area contributed by atoms with E-state index in [-0.39, 0.29) is 11.4 Å². The molecule has 1 aliphatic carbocycles. The van der Waals surface area contributed by atoms with Gasteiger partial charge in [0.2, 0.25) is 0 Å². The highest BCUT2D eigenvalue weighted by atomic mass is 19.1. The van der Waals surface area contributed by atoms with Crippen LogP contribution in [0.25, 0.3) is 0 Å². The Morgan fingerprint density at radius 2 is 1.94 bits per heavy atom. The van der Waals surface area contributed by atoms with Gasteiger partial charge in [-0.3, -0.25) is 0 Å². The third-order valence-electron chi connectivity index (χ3n) is 3.55. The number of halogens is 1. The Kier molecular flexibility index (Phi) is 4.23. The molecule has 0 heterocycles. The quantitative estimate of drug-likeness (QED) is 0.835. The van der Waals surface area contributed by atoms with Gasteiger partial charge in [-0.2, -0.15) is 0 Å². The summed E-state index contributed by atoms with van der Waals surface area (Å²) >= 11 is 0. The Morgan fingerprint density at radius 1 is 1.28 bits per heavy atom. The molecule has 0 aromatic heterocycles. The first-order chi connectivity index (χ1) is 8.60. The average molecular weight is 251 g/mol. The Balaban J connectivity index is 1.89. The summed E-state index contributed by atoms with van der Waals surface area (Å²) in [4.78, 5) is 0. The zero-order valence-electron chi connectivity index (χ0n) is 11.2. The molecule has 1 saturated carbocycles. The first-order valence-electron chi connectivity index (χ1n) is 6.78. The molecule has 2 nitrogen and oxygen atoms in total. The summed E-state index contributed by atoms with van der Waals surface area (Å²) in [5, 5.41) is 3.42. The van der Waals surface area contributed by atoms with Crippen LogP contribution in [0.15, 0.2) is 24.3 Å². The smallest absolute Gasteiger partial charge is 0.123 e. The van der Waals surface area contributed by atoms with Gasteiger partial charge < -0.3 is 10.1 Å². The van der Waals surface area contributed by atoms with Crippen LogP contribution >= 0.6 is 0 Å². The summed E-state index contributed by atoms with van der Waals surface area (Å²) in [6.07, 6.45) is 4.44. The second-order valence-corrected chi connectivity index (χ2v) is 5.45. The molecule has 18 heavy (non-hydrogen) atoms. The predicted octanol–water partition coefficient (Wildman–Crippen LogP) is 3.52. The van der Waals surface area contributed by atoms with Crippen LogP contribution in [0.4, 0.5) is 4.39 Å². The van der Waals surface area contributed by atoms with E-state index in [2.05, 4.69) is 19.2 Å². The molecule has 1 aromatic carbocycles. The molecule has 0 atom stereocenters. The molecule has 1 aromatic rings. The van der Waals surface area contributed by atoms with Crippen molar-refractivity contribution in [3.63, 3.8) is 0 Å². The van der Waals surface area contributed by atoms with E-state index < -0.39 is 0 Å². The van der Waals surface area contributed by atoms with Crippen molar-refractivity contribution in [2.24, 2.45) is 0 Å². The first-order valence-corrected chi connectivity index (χ1v) is 6.78. The normalized spacial score (nSPS) is 17.6. The van der Waals surface area contributed by atoms with Gasteiger partial charge in [0, 0.05) is 6.04 Å². The summed E-state index contributed by atoms with van der Waals surface area (Å²) in [7, 11) is 0. The molecule has 2 rings (SSSR count). The lowest BCUT2D eigenvalue weighted by molar-refractivity contribution is -0.0146. The molecular weight excluding hydrogens is 229 g/mol. The van der Waals surface area contributed by atoms with Gasteiger partial charge in [0.05, 0.1) is 0 Å². The van der Waals surface area contributed by atoms with Gasteiger partial charge in [-0.05, 0) is 56.5 Å². The average Bonchev–Trinajstić information content (AvgIpc) is 2.28. The van der Waals surface area contributed by atoms with Crippen molar-refractivity contribution in [3.05, 3.63) is 30.1 Å². The minimum atomic E-state index is -0.216. The van der Waals surface area contributed by atoms with Crippen LogP contribution in [0, 0.1) is 5.82 Å². The first kappa shape index (κ1) is 13.3. The Labute approximate surface area is 109 Å². The fourth-order valence-electron chi connectivity index (χ4n) is 2.32. The largest absolute Gasteiger partial charge is 0.487 e. The third kappa shape index (κ3) is 3.45. The van der Waals surface area contributed by atoms with E-state index >= 15 is 0 Å². The molecular formula is C15H22FNO. The van der Waals surface area contributed by atoms with Crippen molar-refractivity contribution >= 4 is 0 Å². The lowest BCUT2D eigenvalue weighted by atomic mass is 9.77. The summed E-state index contributed by atoms with van der Waals surface area (Å²) in [5.41, 5.74) is -0.0281. The van der Waals surface area contributed by atoms with Crippen molar-refractivity contribution in [1.29, 1.82) is 0 Å². The summed E-state index contributed by atoms with van der Waals surface area (Å²) in [6, 6.07) is 6.84. The van der Waals surface area contributed by atoms with Crippen LogP contribution in [-0.2, 0) is 0 Å². The Bertz CT molecular complexity index is 371. The van der Waals surface area contributed by atoms with E-state index in [9.17, 15) is 4.39 Å². The highest BCUT2D eigenvalue weighted by molar-refractivity contribution is 5.23. The van der Waals surface area contributed by atoms with Gasteiger partial charge in [-0.15, -0.1) is 0 Å². The third-order valence-corrected chi connectivity index (χ3v) is 3.55. The number of rotatable bonds is 6. The fraction of sp³-hybridized carbons (Fsp3) is 0.600. The van der Waals surface area contributed by atoms with E-state index in [0.717, 1.165) is 31.6 Å². The van der Waals surface area contributed by atoms with Crippen LogP contribution in [0.2, 0.25) is 0 Å². The lowest BCUT2D eigenvalue weighted by Gasteiger charge is -2.42. The molecule has 0 spiro atoms. The van der Waals surface area contributed by atoms with Crippen molar-refractivity contribution in [3.8, 4) is 5.75 Å². The molecule has 1 N–H and O–H groups in total. The van der Waals surface area contributed by atoms with Crippen molar-refractivity contribution < 1.29 is 9.13 Å². The molecule has 100 valence electrons. The minimum absolute atomic E-state index is 0.0281. The SMILES string of the molecule is CC(C)NCCC1(Oc2ccc(F)cc2)CCC1. The Morgan fingerprint density at radius 3 is 2.44 bits per heavy atom. The van der Waals surface area contributed by atoms with Gasteiger partial charge in [0.1, 0.15) is 17.2 Å². The number of ether oxygens (including phenoxy) is 1. The summed E-state index contributed by atoms with van der Waals surface area (Å²) in [5.74, 6) is 0.562. The molecule has 0 radical (unpaired) electrons. The van der Waals surface area contributed by atoms with Gasteiger partial charge in [-0.25, -0.2) is 4.39 Å². The minimum Gasteiger partial charge on any atom is -0.487 e. The van der Waals surface area contributed by atoms with Crippen molar-refractivity contribution in [1.82, 2.24) is 5.32 Å². The molecule has 1 aliphatic rings. The molecule has 0 aliphatic heterocycles. The van der Waals surface area contributed by atoms with Crippen LogP contribution in [-0.4, -0.2) is 18.2 Å². The summed E-state index contributed by atoms with van der Waals surface area (Å²) in [6.45, 7) is 5.27. The number of benzene rings is 1. The lowest BCUT2D eigenvalue weighted by Crippen LogP contribution is -2.45. The monoisotopic (exact) mass is 251 g/mol. The fourth-order valence-corrected chi connectivity index (χ4v) is 2.32. The summed E-state index contributed by atoms with van der Waals surface area (Å²) < 4.78 is 18.9. The second-order valence-electron chi connectivity index (χ2n) is 5.45. The van der Waals surface area contributed by atoms with Crippen LogP contribution in [0.1, 0.15) is 39.5 Å². The van der Waals surface area contributed by atoms with E-state index in [0.29, 0.717) is 6.04 Å². The molecule has 1 fully saturated rings. The van der Waals surface area contributed by atoms with Gasteiger partial charge >= 0.3 is 0 Å². The molecule has 0 amide bonds. The van der Waals surface area contributed by atoms with Crippen molar-refractivity contribution in [2.75, 3.05) is 6.54 Å². The highest BCUT2D eigenvalue weighted by Crippen LogP contribution is 2.39. The van der Waals surface area contributed by atoms with Crippen LogP contribution < -0.4 is 10.1 Å². The molecule has 0 saturated heterocycles. The van der Waals surface area contributed by atoms with E-state index in [1.165, 1.54) is 18.6 Å². The predicted molar refractivity (Wildman–Crippen MR) is 71.4 cm³/mol. The van der Waals surface area contributed by atoms with Crippen molar-refractivity contribution in [2.45, 2.75) is 51.2 Å². The molecule has 3 heteroatoms. The zero-order chi connectivity index (χ0) is 13.0. The standard InChI is InChI=1S/C15H22FNO/c1-12(2)17-11-10-15(8-3-9-15)18-14-6-4-13(16)5-7-14/h4-7,12,17H,3,8-11H2,1-2H3. The maximum absolute atomic E-state index is 12.8. The number of nitrogens with one attached hydrogen (secondary N) is 1. The number of hydrogen-bond acceptors (Lipinski definition) is 2. The second kappa shape index (κ2) is 5.70. The maximum Gasteiger partial charge on any atom is 0.123 e. The Hall–Kier alpha value is -1.09. The van der Waals surface area contributed by atoms with Gasteiger partial charge in [0.25, 0.3) is 0 Å². The van der Waals surface area contributed by atoms with Crippen LogP contribution in [0.5, 0.6) is 5.75 Å². The van der Waals surface area contributed by atoms with Gasteiger partial charge in [0.15, 0.2) is 0 Å². The maximum atomic E-state index is 12.8. The zero-order valence-corrected chi connectivity index (χ0v) is 11.2. The van der Waals surface area contributed by atoms with E-state index in [1.54, 1.807) is 12.1 Å². The van der Waals surface area contributed by atoms with Gasteiger partial charge in [-0.1, -0.05) is 13.8 Å². The van der Waals surface area contributed by atoms with E-state index in [4.69, 9.17) is 4.74 Å². The highest BCUT2D eigenvalue weighted by Gasteiger charge is 2.38. The number of hydrogen-bond donors (Lipinski definition) is 1. The topological polar surface area (TPSA) is 21.3 Å².